The van der Waals surface area contributed by atoms with Gasteiger partial charge in [0.05, 0.1) is 0 Å². The number of amides is 1. The number of hydrogen-bond acceptors (Lipinski definition) is 3. The Morgan fingerprint density at radius 2 is 1.96 bits per heavy atom. The van der Waals surface area contributed by atoms with Crippen LogP contribution in [-0.2, 0) is 4.79 Å². The molecule has 2 fully saturated rings. The van der Waals surface area contributed by atoms with E-state index < -0.39 is 0 Å². The lowest BCUT2D eigenvalue weighted by molar-refractivity contribution is -0.133. The van der Waals surface area contributed by atoms with Crippen LogP contribution in [-0.4, -0.2) is 55.1 Å². The van der Waals surface area contributed by atoms with E-state index in [9.17, 15) is 4.79 Å². The lowest BCUT2D eigenvalue weighted by atomic mass is 9.88. The van der Waals surface area contributed by atoms with Crippen molar-refractivity contribution in [1.29, 1.82) is 0 Å². The smallest absolute Gasteiger partial charge is 0.223 e. The molecule has 1 amide bonds. The molecule has 2 saturated heterocycles. The molecule has 0 aromatic carbocycles. The first-order valence-electron chi connectivity index (χ1n) is 8.92. The van der Waals surface area contributed by atoms with Crippen LogP contribution < -0.4 is 0 Å². The van der Waals surface area contributed by atoms with Crippen LogP contribution in [0.3, 0.4) is 0 Å². The lowest BCUT2D eigenvalue weighted by Crippen LogP contribution is -2.44. The maximum atomic E-state index is 12.7. The molecule has 0 saturated carbocycles. The minimum atomic E-state index is 0.293. The van der Waals surface area contributed by atoms with Gasteiger partial charge in [-0.15, -0.1) is 0 Å². The molecular formula is C19H31N3O. The third-order valence-corrected chi connectivity index (χ3v) is 5.21. The van der Waals surface area contributed by atoms with Gasteiger partial charge in [0, 0.05) is 24.7 Å². The topological polar surface area (TPSA) is 35.9 Å². The predicted molar refractivity (Wildman–Crippen MR) is 96.6 cm³/mol. The molecule has 2 aliphatic rings. The summed E-state index contributed by atoms with van der Waals surface area (Å²) in [5.41, 5.74) is 0.895. The maximum absolute atomic E-state index is 12.7. The second kappa shape index (κ2) is 9.02. The summed E-state index contributed by atoms with van der Waals surface area (Å²) < 4.78 is 0. The Morgan fingerprint density at radius 3 is 2.61 bits per heavy atom. The first-order valence-corrected chi connectivity index (χ1v) is 8.92. The van der Waals surface area contributed by atoms with E-state index in [1.165, 1.54) is 32.4 Å². The Bertz CT molecular complexity index is 461. The fourth-order valence-corrected chi connectivity index (χ4v) is 3.81. The Kier molecular flexibility index (Phi) is 7.03. The third kappa shape index (κ3) is 5.03. The molecule has 2 rings (SSSR count). The molecule has 0 aromatic rings. The highest BCUT2D eigenvalue weighted by atomic mass is 16.2. The molecule has 4 nitrogen and oxygen atoms in total. The number of piperidine rings is 1. The molecule has 0 radical (unpaired) electrons. The summed E-state index contributed by atoms with van der Waals surface area (Å²) in [4.78, 5) is 21.2. The summed E-state index contributed by atoms with van der Waals surface area (Å²) in [5, 5.41) is 0. The molecule has 0 aliphatic carbocycles. The molecule has 2 heterocycles. The molecule has 0 N–H and O–H groups in total. The predicted octanol–water partition coefficient (Wildman–Crippen LogP) is 3.26. The van der Waals surface area contributed by atoms with Crippen LogP contribution in [0.1, 0.15) is 45.4 Å². The Labute approximate surface area is 140 Å². The van der Waals surface area contributed by atoms with Crippen molar-refractivity contribution < 1.29 is 4.79 Å². The molecule has 0 unspecified atom stereocenters. The van der Waals surface area contributed by atoms with Gasteiger partial charge in [0.1, 0.15) is 0 Å². The number of carbonyl (C=O) groups excluding carboxylic acids is 1. The van der Waals surface area contributed by atoms with Gasteiger partial charge < -0.3 is 9.80 Å². The zero-order valence-electron chi connectivity index (χ0n) is 14.7. The Hall–Kier alpha value is -1.42. The van der Waals surface area contributed by atoms with E-state index in [0.717, 1.165) is 18.7 Å². The van der Waals surface area contributed by atoms with Crippen molar-refractivity contribution in [2.24, 2.45) is 10.9 Å². The molecule has 1 atom stereocenters. The highest BCUT2D eigenvalue weighted by molar-refractivity contribution is 5.77. The summed E-state index contributed by atoms with van der Waals surface area (Å²) in [6.45, 7) is 8.84. The van der Waals surface area contributed by atoms with Gasteiger partial charge in [0.15, 0.2) is 0 Å². The zero-order chi connectivity index (χ0) is 16.7. The second-order valence-corrected chi connectivity index (χ2v) is 6.78. The van der Waals surface area contributed by atoms with Crippen LogP contribution in [0.4, 0.5) is 0 Å². The lowest BCUT2D eigenvalue weighted by Gasteiger charge is -2.37. The SMILES string of the molecule is C=N/C(=C\C=C/C)CCC(=O)N1CCC[C@H]1C1CCN(C)CC1. The van der Waals surface area contributed by atoms with E-state index in [1.54, 1.807) is 0 Å². The van der Waals surface area contributed by atoms with Gasteiger partial charge in [-0.3, -0.25) is 9.79 Å². The average molecular weight is 317 g/mol. The molecular weight excluding hydrogens is 286 g/mol. The summed E-state index contributed by atoms with van der Waals surface area (Å²) in [6, 6.07) is 0.468. The Morgan fingerprint density at radius 1 is 1.22 bits per heavy atom. The van der Waals surface area contributed by atoms with Gasteiger partial charge in [-0.05, 0) is 77.9 Å². The van der Waals surface area contributed by atoms with E-state index in [0.29, 0.717) is 30.7 Å². The summed E-state index contributed by atoms with van der Waals surface area (Å²) >= 11 is 0. The summed E-state index contributed by atoms with van der Waals surface area (Å²) in [6.07, 6.45) is 11.9. The largest absolute Gasteiger partial charge is 0.339 e. The van der Waals surface area contributed by atoms with Gasteiger partial charge in [0.25, 0.3) is 0 Å². The molecule has 0 spiro atoms. The number of likely N-dealkylation sites (tertiary alicyclic amines) is 2. The molecule has 128 valence electrons. The van der Waals surface area contributed by atoms with Gasteiger partial charge in [-0.1, -0.05) is 12.2 Å². The second-order valence-electron chi connectivity index (χ2n) is 6.78. The number of allylic oxidation sites excluding steroid dienone is 4. The quantitative estimate of drug-likeness (QED) is 0.557. The highest BCUT2D eigenvalue weighted by Crippen LogP contribution is 2.31. The van der Waals surface area contributed by atoms with Gasteiger partial charge in [0.2, 0.25) is 5.91 Å². The van der Waals surface area contributed by atoms with Gasteiger partial charge >= 0.3 is 0 Å². The number of nitrogens with zero attached hydrogens (tertiary/aromatic N) is 3. The number of aliphatic imine (C=N–C) groups is 1. The third-order valence-electron chi connectivity index (χ3n) is 5.21. The van der Waals surface area contributed by atoms with Crippen LogP contribution in [0.2, 0.25) is 0 Å². The monoisotopic (exact) mass is 317 g/mol. The standard InChI is InChI=1S/C19H31N3O/c1-4-5-7-17(20-2)9-10-19(23)22-13-6-8-18(22)16-11-14-21(3)15-12-16/h4-5,7,16,18H,2,6,8-15H2,1,3H3/b5-4-,17-7-/t18-/m0/s1. The minimum absolute atomic E-state index is 0.293. The zero-order valence-corrected chi connectivity index (χ0v) is 14.7. The van der Waals surface area contributed by atoms with Crippen LogP contribution in [0.15, 0.2) is 28.9 Å². The van der Waals surface area contributed by atoms with Crippen LogP contribution >= 0.6 is 0 Å². The normalized spacial score (nSPS) is 24.5. The van der Waals surface area contributed by atoms with Crippen molar-refractivity contribution in [2.75, 3.05) is 26.7 Å². The van der Waals surface area contributed by atoms with Crippen molar-refractivity contribution >= 4 is 12.6 Å². The number of carbonyl (C=O) groups is 1. The van der Waals surface area contributed by atoms with E-state index in [-0.39, 0.29) is 0 Å². The fraction of sp³-hybridized carbons (Fsp3) is 0.684. The van der Waals surface area contributed by atoms with E-state index in [1.807, 2.05) is 25.2 Å². The fourth-order valence-electron chi connectivity index (χ4n) is 3.81. The number of rotatable bonds is 6. The van der Waals surface area contributed by atoms with Gasteiger partial charge in [-0.2, -0.15) is 0 Å². The van der Waals surface area contributed by atoms with Crippen molar-refractivity contribution in [2.45, 2.75) is 51.5 Å². The minimum Gasteiger partial charge on any atom is -0.339 e. The first kappa shape index (κ1) is 17.9. The van der Waals surface area contributed by atoms with Crippen molar-refractivity contribution in [1.82, 2.24) is 9.80 Å². The Balaban J connectivity index is 1.89. The molecule has 4 heteroatoms. The van der Waals surface area contributed by atoms with E-state index in [2.05, 4.69) is 28.6 Å². The molecule has 0 aromatic heterocycles. The van der Waals surface area contributed by atoms with Crippen LogP contribution in [0.25, 0.3) is 0 Å². The van der Waals surface area contributed by atoms with Crippen molar-refractivity contribution in [3.63, 3.8) is 0 Å². The maximum Gasteiger partial charge on any atom is 0.223 e. The molecule has 2 aliphatic heterocycles. The van der Waals surface area contributed by atoms with Crippen molar-refractivity contribution in [3.05, 3.63) is 23.9 Å². The summed E-state index contributed by atoms with van der Waals surface area (Å²) in [7, 11) is 2.19. The van der Waals surface area contributed by atoms with Crippen molar-refractivity contribution in [3.8, 4) is 0 Å². The van der Waals surface area contributed by atoms with E-state index >= 15 is 0 Å². The number of hydrogen-bond donors (Lipinski definition) is 0. The highest BCUT2D eigenvalue weighted by Gasteiger charge is 2.35. The van der Waals surface area contributed by atoms with E-state index in [4.69, 9.17) is 0 Å². The van der Waals surface area contributed by atoms with Crippen LogP contribution in [0.5, 0.6) is 0 Å². The summed E-state index contributed by atoms with van der Waals surface area (Å²) in [5.74, 6) is 0.981. The average Bonchev–Trinajstić information content (AvgIpc) is 3.05. The van der Waals surface area contributed by atoms with Gasteiger partial charge in [-0.25, -0.2) is 0 Å². The first-order chi connectivity index (χ1) is 11.2. The van der Waals surface area contributed by atoms with Crippen LogP contribution in [0, 0.1) is 5.92 Å². The molecule has 0 bridgehead atoms. The molecule has 23 heavy (non-hydrogen) atoms.